The summed E-state index contributed by atoms with van der Waals surface area (Å²) in [5.41, 5.74) is 4.00. The Bertz CT molecular complexity index is 670. The highest BCUT2D eigenvalue weighted by molar-refractivity contribution is 5.17. The van der Waals surface area contributed by atoms with Gasteiger partial charge in [0.15, 0.2) is 0 Å². The summed E-state index contributed by atoms with van der Waals surface area (Å²) < 4.78 is 1.99. The fourth-order valence-corrected chi connectivity index (χ4v) is 2.32. The molecule has 0 saturated carbocycles. The maximum atomic E-state index is 4.25. The Labute approximate surface area is 153 Å². The normalized spacial score (nSPS) is 9.68. The molecule has 1 heterocycles. The van der Waals surface area contributed by atoms with Crippen LogP contribution >= 0.6 is 0 Å². The first kappa shape index (κ1) is 20.7. The summed E-state index contributed by atoms with van der Waals surface area (Å²) in [6, 6.07) is 21.0. The fraction of sp³-hybridized carbons (Fsp3) is 0.348. The summed E-state index contributed by atoms with van der Waals surface area (Å²) in [5, 5.41) is 4.25. The summed E-state index contributed by atoms with van der Waals surface area (Å²) in [4.78, 5) is 0. The Morgan fingerprint density at radius 2 is 1.44 bits per heavy atom. The number of aromatic nitrogens is 2. The Kier molecular flexibility index (Phi) is 10.00. The number of hydrogen-bond donors (Lipinski definition) is 0. The monoisotopic (exact) mass is 336 g/mol. The van der Waals surface area contributed by atoms with Gasteiger partial charge in [0.05, 0.1) is 6.20 Å². The lowest BCUT2D eigenvalue weighted by Gasteiger charge is -2.01. The molecule has 0 unspecified atom stereocenters. The molecule has 3 rings (SSSR count). The first-order chi connectivity index (χ1) is 12.1. The van der Waals surface area contributed by atoms with E-state index >= 15 is 0 Å². The van der Waals surface area contributed by atoms with Gasteiger partial charge in [0.2, 0.25) is 0 Å². The van der Waals surface area contributed by atoms with Crippen LogP contribution in [0, 0.1) is 6.92 Å². The summed E-state index contributed by atoms with van der Waals surface area (Å²) in [6.45, 7) is 11.4. The van der Waals surface area contributed by atoms with Crippen molar-refractivity contribution in [1.29, 1.82) is 0 Å². The number of nitrogens with zero attached hydrogens (tertiary/aromatic N) is 2. The first-order valence-corrected chi connectivity index (χ1v) is 9.23. The Morgan fingerprint density at radius 1 is 0.880 bits per heavy atom. The summed E-state index contributed by atoms with van der Waals surface area (Å²) >= 11 is 0. The third-order valence-electron chi connectivity index (χ3n) is 3.70. The molecule has 0 bridgehead atoms. The topological polar surface area (TPSA) is 17.8 Å². The third kappa shape index (κ3) is 8.35. The second-order valence-corrected chi connectivity index (χ2v) is 6.08. The van der Waals surface area contributed by atoms with E-state index in [4.69, 9.17) is 0 Å². The van der Waals surface area contributed by atoms with E-state index in [2.05, 4.69) is 80.6 Å². The van der Waals surface area contributed by atoms with Crippen LogP contribution in [0.25, 0.3) is 0 Å². The van der Waals surface area contributed by atoms with Crippen LogP contribution in [-0.4, -0.2) is 9.78 Å². The Balaban J connectivity index is 0.000000246. The van der Waals surface area contributed by atoms with Gasteiger partial charge in [-0.15, -0.1) is 0 Å². The maximum absolute atomic E-state index is 4.25. The lowest BCUT2D eigenvalue weighted by Crippen LogP contribution is -2.01. The molecule has 0 saturated heterocycles. The van der Waals surface area contributed by atoms with Crippen molar-refractivity contribution < 1.29 is 0 Å². The molecule has 0 aliphatic heterocycles. The standard InChI is InChI=1S/C12H14N2.C9H12.C2H6/c1-11-9-13-14(10-11)8-7-12-5-3-2-4-6-12;1-8(2)9-6-4-3-5-7-9;1-2/h2-6,9-10H,7-8H2,1H3;3-8H,1-2H3;1-2H3. The SMILES string of the molecule is CC.CC(C)c1ccccc1.Cc1cnn(CCc2ccccc2)c1. The van der Waals surface area contributed by atoms with Crippen LogP contribution in [0.15, 0.2) is 73.1 Å². The molecule has 0 radical (unpaired) electrons. The molecule has 0 fully saturated rings. The molecule has 2 heteroatoms. The third-order valence-corrected chi connectivity index (χ3v) is 3.70. The van der Waals surface area contributed by atoms with Crippen molar-refractivity contribution in [2.24, 2.45) is 0 Å². The molecule has 0 atom stereocenters. The maximum Gasteiger partial charge on any atom is 0.0518 e. The van der Waals surface area contributed by atoms with Gasteiger partial charge in [0.1, 0.15) is 0 Å². The highest BCUT2D eigenvalue weighted by Crippen LogP contribution is 2.11. The lowest BCUT2D eigenvalue weighted by molar-refractivity contribution is 0.614. The lowest BCUT2D eigenvalue weighted by atomic mass is 10.0. The molecule has 1 aromatic heterocycles. The van der Waals surface area contributed by atoms with Gasteiger partial charge in [-0.3, -0.25) is 4.68 Å². The van der Waals surface area contributed by atoms with E-state index < -0.39 is 0 Å². The molecule has 0 amide bonds. The highest BCUT2D eigenvalue weighted by atomic mass is 15.3. The van der Waals surface area contributed by atoms with Crippen molar-refractivity contribution in [3.63, 3.8) is 0 Å². The van der Waals surface area contributed by atoms with Gasteiger partial charge >= 0.3 is 0 Å². The molecule has 0 spiro atoms. The Hall–Kier alpha value is -2.35. The van der Waals surface area contributed by atoms with Crippen molar-refractivity contribution in [3.05, 3.63) is 89.7 Å². The Morgan fingerprint density at radius 3 is 1.88 bits per heavy atom. The average molecular weight is 337 g/mol. The molecule has 2 aromatic carbocycles. The molecule has 2 nitrogen and oxygen atoms in total. The smallest absolute Gasteiger partial charge is 0.0518 e. The second kappa shape index (κ2) is 12.1. The minimum absolute atomic E-state index is 0.659. The summed E-state index contributed by atoms with van der Waals surface area (Å²) in [7, 11) is 0. The minimum Gasteiger partial charge on any atom is -0.272 e. The number of aryl methyl sites for hydroxylation is 3. The number of hydrogen-bond acceptors (Lipinski definition) is 1. The predicted molar refractivity (Wildman–Crippen MR) is 109 cm³/mol. The molecule has 3 aromatic rings. The first-order valence-electron chi connectivity index (χ1n) is 9.23. The van der Waals surface area contributed by atoms with Crippen LogP contribution in [0.3, 0.4) is 0 Å². The van der Waals surface area contributed by atoms with Crippen LogP contribution in [0.5, 0.6) is 0 Å². The zero-order chi connectivity index (χ0) is 18.5. The van der Waals surface area contributed by atoms with Gasteiger partial charge in [-0.25, -0.2) is 0 Å². The summed E-state index contributed by atoms with van der Waals surface area (Å²) in [5.74, 6) is 0.659. The van der Waals surface area contributed by atoms with Crippen LogP contribution in [0.4, 0.5) is 0 Å². The van der Waals surface area contributed by atoms with Crippen LogP contribution in [-0.2, 0) is 13.0 Å². The number of rotatable bonds is 4. The van der Waals surface area contributed by atoms with E-state index in [-0.39, 0.29) is 0 Å². The molecular weight excluding hydrogens is 304 g/mol. The zero-order valence-corrected chi connectivity index (χ0v) is 16.3. The zero-order valence-electron chi connectivity index (χ0n) is 16.3. The van der Waals surface area contributed by atoms with Gasteiger partial charge < -0.3 is 0 Å². The molecule has 0 aliphatic rings. The van der Waals surface area contributed by atoms with E-state index in [1.165, 1.54) is 16.7 Å². The van der Waals surface area contributed by atoms with Crippen molar-refractivity contribution in [2.45, 2.75) is 53.5 Å². The van der Waals surface area contributed by atoms with E-state index in [0.29, 0.717) is 5.92 Å². The highest BCUT2D eigenvalue weighted by Gasteiger charge is 1.95. The van der Waals surface area contributed by atoms with Gasteiger partial charge in [-0.1, -0.05) is 88.4 Å². The fourth-order valence-electron chi connectivity index (χ4n) is 2.32. The quantitative estimate of drug-likeness (QED) is 0.549. The summed E-state index contributed by atoms with van der Waals surface area (Å²) in [6.07, 6.45) is 5.01. The van der Waals surface area contributed by atoms with Gasteiger partial charge in [0.25, 0.3) is 0 Å². The van der Waals surface area contributed by atoms with Gasteiger partial charge in [-0.2, -0.15) is 5.10 Å². The predicted octanol–water partition coefficient (Wildman–Crippen LogP) is 6.27. The second-order valence-electron chi connectivity index (χ2n) is 6.08. The molecule has 0 N–H and O–H groups in total. The van der Waals surface area contributed by atoms with E-state index in [1.807, 2.05) is 36.9 Å². The van der Waals surface area contributed by atoms with Crippen molar-refractivity contribution in [3.8, 4) is 0 Å². The molecule has 134 valence electrons. The minimum atomic E-state index is 0.659. The van der Waals surface area contributed by atoms with Crippen molar-refractivity contribution >= 4 is 0 Å². The van der Waals surface area contributed by atoms with Crippen molar-refractivity contribution in [2.75, 3.05) is 0 Å². The van der Waals surface area contributed by atoms with Gasteiger partial charge in [0, 0.05) is 12.7 Å². The molecular formula is C23H32N2. The van der Waals surface area contributed by atoms with Crippen LogP contribution < -0.4 is 0 Å². The number of benzene rings is 2. The van der Waals surface area contributed by atoms with Crippen LogP contribution in [0.1, 0.15) is 50.3 Å². The average Bonchev–Trinajstić information content (AvgIpc) is 3.09. The van der Waals surface area contributed by atoms with E-state index in [9.17, 15) is 0 Å². The van der Waals surface area contributed by atoms with Crippen LogP contribution in [0.2, 0.25) is 0 Å². The molecule has 25 heavy (non-hydrogen) atoms. The molecule has 0 aliphatic carbocycles. The largest absolute Gasteiger partial charge is 0.272 e. The van der Waals surface area contributed by atoms with E-state index in [0.717, 1.165) is 13.0 Å². The van der Waals surface area contributed by atoms with Gasteiger partial charge in [-0.05, 0) is 36.0 Å². The van der Waals surface area contributed by atoms with Crippen molar-refractivity contribution in [1.82, 2.24) is 9.78 Å². The van der Waals surface area contributed by atoms with E-state index in [1.54, 1.807) is 0 Å².